The van der Waals surface area contributed by atoms with E-state index in [1.54, 1.807) is 0 Å². The first-order valence-electron chi connectivity index (χ1n) is 6.04. The van der Waals surface area contributed by atoms with Crippen molar-refractivity contribution in [1.29, 1.82) is 0 Å². The second kappa shape index (κ2) is 9.26. The SMILES string of the molecule is CCCC(C)/C=C/CCNCC(C)C. The Morgan fingerprint density at radius 2 is 1.93 bits per heavy atom. The lowest BCUT2D eigenvalue weighted by Gasteiger charge is -2.05. The van der Waals surface area contributed by atoms with Crippen LogP contribution < -0.4 is 5.32 Å². The number of rotatable bonds is 8. The molecule has 0 amide bonds. The van der Waals surface area contributed by atoms with Crippen molar-refractivity contribution in [3.05, 3.63) is 12.2 Å². The van der Waals surface area contributed by atoms with E-state index in [0.717, 1.165) is 24.9 Å². The first kappa shape index (κ1) is 13.7. The molecule has 1 nitrogen and oxygen atoms in total. The lowest BCUT2D eigenvalue weighted by atomic mass is 10.1. The van der Waals surface area contributed by atoms with Crippen LogP contribution in [0.3, 0.4) is 0 Å². The van der Waals surface area contributed by atoms with E-state index in [9.17, 15) is 0 Å². The molecule has 0 fully saturated rings. The molecule has 1 atom stereocenters. The molecule has 0 bridgehead atoms. The molecule has 0 radical (unpaired) electrons. The second-order valence-electron chi connectivity index (χ2n) is 4.58. The van der Waals surface area contributed by atoms with Gasteiger partial charge < -0.3 is 5.32 Å². The van der Waals surface area contributed by atoms with Crippen molar-refractivity contribution in [2.75, 3.05) is 13.1 Å². The van der Waals surface area contributed by atoms with Crippen LogP contribution in [0.2, 0.25) is 0 Å². The Hall–Kier alpha value is -0.300. The maximum atomic E-state index is 3.44. The molecule has 0 rings (SSSR count). The Bertz CT molecular complexity index is 138. The Labute approximate surface area is 90.0 Å². The Balaban J connectivity index is 3.26. The summed E-state index contributed by atoms with van der Waals surface area (Å²) in [7, 11) is 0. The minimum atomic E-state index is 0.755. The molecule has 0 aliphatic rings. The highest BCUT2D eigenvalue weighted by Crippen LogP contribution is 2.06. The van der Waals surface area contributed by atoms with E-state index in [1.807, 2.05) is 0 Å². The van der Waals surface area contributed by atoms with Gasteiger partial charge in [-0.1, -0.05) is 46.3 Å². The molecule has 84 valence electrons. The van der Waals surface area contributed by atoms with Gasteiger partial charge >= 0.3 is 0 Å². The third-order valence-electron chi connectivity index (χ3n) is 2.25. The zero-order valence-electron chi connectivity index (χ0n) is 10.3. The molecule has 0 saturated carbocycles. The fourth-order valence-electron chi connectivity index (χ4n) is 1.46. The fourth-order valence-corrected chi connectivity index (χ4v) is 1.46. The van der Waals surface area contributed by atoms with Crippen molar-refractivity contribution < 1.29 is 0 Å². The molecular weight excluding hydrogens is 170 g/mol. The van der Waals surface area contributed by atoms with E-state index in [1.165, 1.54) is 19.3 Å². The van der Waals surface area contributed by atoms with Gasteiger partial charge in [-0.25, -0.2) is 0 Å². The summed E-state index contributed by atoms with van der Waals surface area (Å²) in [5, 5.41) is 3.44. The van der Waals surface area contributed by atoms with E-state index >= 15 is 0 Å². The first-order chi connectivity index (χ1) is 6.66. The van der Waals surface area contributed by atoms with Crippen LogP contribution in [0.15, 0.2) is 12.2 Å². The smallest absolute Gasteiger partial charge is 0.00142 e. The Morgan fingerprint density at radius 1 is 1.21 bits per heavy atom. The van der Waals surface area contributed by atoms with Gasteiger partial charge in [-0.05, 0) is 37.8 Å². The quantitative estimate of drug-likeness (QED) is 0.463. The van der Waals surface area contributed by atoms with Crippen LogP contribution in [0.5, 0.6) is 0 Å². The van der Waals surface area contributed by atoms with Gasteiger partial charge in [0, 0.05) is 0 Å². The van der Waals surface area contributed by atoms with Crippen molar-refractivity contribution in [3.8, 4) is 0 Å². The summed E-state index contributed by atoms with van der Waals surface area (Å²) >= 11 is 0. The molecule has 0 aromatic rings. The average molecular weight is 197 g/mol. The highest BCUT2D eigenvalue weighted by Gasteiger charge is 1.93. The van der Waals surface area contributed by atoms with Crippen molar-refractivity contribution in [2.24, 2.45) is 11.8 Å². The molecule has 0 spiro atoms. The van der Waals surface area contributed by atoms with Crippen LogP contribution in [-0.4, -0.2) is 13.1 Å². The molecule has 14 heavy (non-hydrogen) atoms. The average Bonchev–Trinajstić information content (AvgIpc) is 2.11. The standard InChI is InChI=1S/C13H27N/c1-5-8-13(4)9-6-7-10-14-11-12(2)3/h6,9,12-14H,5,7-8,10-11H2,1-4H3/b9-6+. The van der Waals surface area contributed by atoms with Crippen LogP contribution in [0.4, 0.5) is 0 Å². The van der Waals surface area contributed by atoms with E-state index in [-0.39, 0.29) is 0 Å². The van der Waals surface area contributed by atoms with E-state index in [2.05, 4.69) is 45.2 Å². The molecule has 0 aliphatic heterocycles. The van der Waals surface area contributed by atoms with Gasteiger partial charge in [0.1, 0.15) is 0 Å². The van der Waals surface area contributed by atoms with E-state index < -0.39 is 0 Å². The third-order valence-corrected chi connectivity index (χ3v) is 2.25. The number of hydrogen-bond acceptors (Lipinski definition) is 1. The van der Waals surface area contributed by atoms with Crippen molar-refractivity contribution >= 4 is 0 Å². The predicted molar refractivity (Wildman–Crippen MR) is 65.5 cm³/mol. The van der Waals surface area contributed by atoms with Gasteiger partial charge in [0.25, 0.3) is 0 Å². The zero-order valence-corrected chi connectivity index (χ0v) is 10.3. The summed E-state index contributed by atoms with van der Waals surface area (Å²) in [6, 6.07) is 0. The number of allylic oxidation sites excluding steroid dienone is 1. The lowest BCUT2D eigenvalue weighted by molar-refractivity contribution is 0.555. The summed E-state index contributed by atoms with van der Waals surface area (Å²) in [5.74, 6) is 1.52. The molecule has 0 aromatic carbocycles. The van der Waals surface area contributed by atoms with E-state index in [0.29, 0.717) is 0 Å². The van der Waals surface area contributed by atoms with Crippen LogP contribution in [0.1, 0.15) is 47.0 Å². The Morgan fingerprint density at radius 3 is 2.50 bits per heavy atom. The maximum absolute atomic E-state index is 3.44. The lowest BCUT2D eigenvalue weighted by Crippen LogP contribution is -2.20. The van der Waals surface area contributed by atoms with Crippen LogP contribution in [0, 0.1) is 11.8 Å². The van der Waals surface area contributed by atoms with Crippen LogP contribution in [0.25, 0.3) is 0 Å². The largest absolute Gasteiger partial charge is 0.316 e. The van der Waals surface area contributed by atoms with Crippen molar-refractivity contribution in [1.82, 2.24) is 5.32 Å². The second-order valence-corrected chi connectivity index (χ2v) is 4.58. The van der Waals surface area contributed by atoms with Gasteiger partial charge in [-0.2, -0.15) is 0 Å². The van der Waals surface area contributed by atoms with Gasteiger partial charge in [-0.3, -0.25) is 0 Å². The molecule has 1 N–H and O–H groups in total. The maximum Gasteiger partial charge on any atom is -0.00142 e. The molecular formula is C13H27N. The summed E-state index contributed by atoms with van der Waals surface area (Å²) in [5.41, 5.74) is 0. The molecule has 1 unspecified atom stereocenters. The Kier molecular flexibility index (Phi) is 9.06. The van der Waals surface area contributed by atoms with E-state index in [4.69, 9.17) is 0 Å². The number of nitrogens with one attached hydrogen (secondary N) is 1. The molecule has 0 aliphatic carbocycles. The molecule has 1 heteroatoms. The van der Waals surface area contributed by atoms with Crippen molar-refractivity contribution in [3.63, 3.8) is 0 Å². The molecule has 0 heterocycles. The highest BCUT2D eigenvalue weighted by molar-refractivity contribution is 4.86. The van der Waals surface area contributed by atoms with Crippen LogP contribution in [-0.2, 0) is 0 Å². The van der Waals surface area contributed by atoms with Gasteiger partial charge in [0.2, 0.25) is 0 Å². The normalized spacial score (nSPS) is 14.1. The highest BCUT2D eigenvalue weighted by atomic mass is 14.8. The summed E-state index contributed by atoms with van der Waals surface area (Å²) in [6.07, 6.45) is 8.43. The monoisotopic (exact) mass is 197 g/mol. The van der Waals surface area contributed by atoms with Crippen LogP contribution >= 0.6 is 0 Å². The summed E-state index contributed by atoms with van der Waals surface area (Å²) < 4.78 is 0. The van der Waals surface area contributed by atoms with Gasteiger partial charge in [-0.15, -0.1) is 0 Å². The zero-order chi connectivity index (χ0) is 10.8. The summed E-state index contributed by atoms with van der Waals surface area (Å²) in [6.45, 7) is 11.3. The number of hydrogen-bond donors (Lipinski definition) is 1. The third kappa shape index (κ3) is 9.79. The molecule has 0 saturated heterocycles. The topological polar surface area (TPSA) is 12.0 Å². The molecule has 0 aromatic heterocycles. The minimum absolute atomic E-state index is 0.755. The van der Waals surface area contributed by atoms with Gasteiger partial charge in [0.15, 0.2) is 0 Å². The minimum Gasteiger partial charge on any atom is -0.316 e. The first-order valence-corrected chi connectivity index (χ1v) is 6.04. The summed E-state index contributed by atoms with van der Waals surface area (Å²) in [4.78, 5) is 0. The van der Waals surface area contributed by atoms with Crippen molar-refractivity contribution in [2.45, 2.75) is 47.0 Å². The predicted octanol–water partition coefficient (Wildman–Crippen LogP) is 3.61. The van der Waals surface area contributed by atoms with Gasteiger partial charge in [0.05, 0.1) is 0 Å². The fraction of sp³-hybridized carbons (Fsp3) is 0.846.